The molecule has 7 nitrogen and oxygen atoms in total. The molecular formula is C29H32ClN3O4. The van der Waals surface area contributed by atoms with Crippen molar-refractivity contribution in [1.29, 1.82) is 0 Å². The molecule has 194 valence electrons. The smallest absolute Gasteiger partial charge is 0.316 e. The number of H-pyrrole nitrogens is 1. The Labute approximate surface area is 221 Å². The average molecular weight is 522 g/mol. The molecule has 8 heteroatoms. The molecule has 0 aliphatic heterocycles. The summed E-state index contributed by atoms with van der Waals surface area (Å²) < 4.78 is 5.19. The number of allylic oxidation sites excluding steroid dienone is 1. The van der Waals surface area contributed by atoms with Gasteiger partial charge in [0.25, 0.3) is 5.56 Å². The van der Waals surface area contributed by atoms with Crippen LogP contribution in [-0.4, -0.2) is 26.2 Å². The number of aryl methyl sites for hydroxylation is 2. The molecule has 0 bridgehead atoms. The summed E-state index contributed by atoms with van der Waals surface area (Å²) in [6.45, 7) is 1.77. The number of aliphatic carboxylic acids is 1. The first-order valence-electron chi connectivity index (χ1n) is 13.2. The number of benzene rings is 1. The van der Waals surface area contributed by atoms with E-state index < -0.39 is 11.9 Å². The number of aromatic nitrogens is 3. The maximum Gasteiger partial charge on any atom is 0.316 e. The van der Waals surface area contributed by atoms with Gasteiger partial charge in [-0.15, -0.1) is 0 Å². The van der Waals surface area contributed by atoms with Crippen molar-refractivity contribution in [2.24, 2.45) is 5.92 Å². The molecule has 2 N–H and O–H groups in total. The summed E-state index contributed by atoms with van der Waals surface area (Å²) >= 11 is 6.73. The van der Waals surface area contributed by atoms with Crippen LogP contribution < -0.4 is 5.56 Å². The predicted octanol–water partition coefficient (Wildman–Crippen LogP) is 6.27. The van der Waals surface area contributed by atoms with Gasteiger partial charge in [0, 0.05) is 28.3 Å². The van der Waals surface area contributed by atoms with E-state index in [0.29, 0.717) is 41.9 Å². The molecule has 37 heavy (non-hydrogen) atoms. The summed E-state index contributed by atoms with van der Waals surface area (Å²) in [6, 6.07) is 10.0. The van der Waals surface area contributed by atoms with Gasteiger partial charge in [-0.3, -0.25) is 9.59 Å². The highest BCUT2D eigenvalue weighted by molar-refractivity contribution is 6.31. The lowest BCUT2D eigenvalue weighted by molar-refractivity contribution is -0.139. The highest BCUT2D eigenvalue weighted by Crippen LogP contribution is 2.39. The zero-order valence-corrected chi connectivity index (χ0v) is 21.8. The second-order valence-electron chi connectivity index (χ2n) is 10.2. The highest BCUT2D eigenvalue weighted by atomic mass is 35.5. The summed E-state index contributed by atoms with van der Waals surface area (Å²) in [5.41, 5.74) is 4.66. The third-order valence-corrected chi connectivity index (χ3v) is 7.87. The molecule has 0 spiro atoms. The summed E-state index contributed by atoms with van der Waals surface area (Å²) in [4.78, 5) is 31.6. The molecule has 2 saturated carbocycles. The number of carbonyl (C=O) groups is 1. The van der Waals surface area contributed by atoms with Gasteiger partial charge in [0.2, 0.25) is 5.89 Å². The number of hydrogen-bond donors (Lipinski definition) is 2. The van der Waals surface area contributed by atoms with Crippen molar-refractivity contribution in [2.45, 2.75) is 76.5 Å². The summed E-state index contributed by atoms with van der Waals surface area (Å²) in [7, 11) is 0. The number of nitrogens with zero attached hydrogens (tertiary/aromatic N) is 2. The number of pyridine rings is 1. The predicted molar refractivity (Wildman–Crippen MR) is 142 cm³/mol. The molecule has 0 saturated heterocycles. The molecule has 2 heterocycles. The van der Waals surface area contributed by atoms with E-state index in [-0.39, 0.29) is 11.4 Å². The molecule has 1 unspecified atom stereocenters. The fourth-order valence-corrected chi connectivity index (χ4v) is 5.46. The van der Waals surface area contributed by atoms with Crippen LogP contribution in [0.25, 0.3) is 5.57 Å². The number of hydrogen-bond acceptors (Lipinski definition) is 5. The Morgan fingerprint density at radius 2 is 1.97 bits per heavy atom. The van der Waals surface area contributed by atoms with Crippen molar-refractivity contribution in [3.63, 3.8) is 0 Å². The van der Waals surface area contributed by atoms with Crippen molar-refractivity contribution < 1.29 is 14.4 Å². The second-order valence-corrected chi connectivity index (χ2v) is 10.6. The molecule has 0 radical (unpaired) electrons. The van der Waals surface area contributed by atoms with E-state index in [1.807, 2.05) is 30.3 Å². The Morgan fingerprint density at radius 1 is 1.19 bits per heavy atom. The van der Waals surface area contributed by atoms with Crippen molar-refractivity contribution >= 4 is 23.1 Å². The van der Waals surface area contributed by atoms with Gasteiger partial charge in [-0.05, 0) is 73.6 Å². The van der Waals surface area contributed by atoms with Crippen molar-refractivity contribution in [3.8, 4) is 0 Å². The molecular weight excluding hydrogens is 490 g/mol. The van der Waals surface area contributed by atoms with Gasteiger partial charge in [0.15, 0.2) is 5.82 Å². The lowest BCUT2D eigenvalue weighted by Crippen LogP contribution is -2.13. The van der Waals surface area contributed by atoms with Gasteiger partial charge >= 0.3 is 5.97 Å². The molecule has 1 aromatic carbocycles. The number of rotatable bonds is 10. The van der Waals surface area contributed by atoms with Gasteiger partial charge in [-0.2, -0.15) is 4.98 Å². The number of nitrogens with one attached hydrogen (secondary N) is 1. The van der Waals surface area contributed by atoms with Crippen molar-refractivity contribution in [3.05, 3.63) is 85.9 Å². The molecule has 3 aromatic rings. The van der Waals surface area contributed by atoms with Crippen LogP contribution in [0.15, 0.2) is 45.7 Å². The van der Waals surface area contributed by atoms with E-state index in [0.717, 1.165) is 53.6 Å². The highest BCUT2D eigenvalue weighted by Gasteiger charge is 2.27. The standard InChI is InChI=1S/C29H32ClN3O4/c1-2-21(29(35)36)28-32-26(33-37-28)14-11-19-9-10-20(16-24(19)30)23(15-17-5-3-4-6-17)25-13-12-22(18-7-8-18)27(34)31-25/h9-10,12-13,15-18,21H,2-8,11,14H2,1H3,(H,31,34)(H,35,36)/b23-15+. The lowest BCUT2D eigenvalue weighted by Gasteiger charge is -2.14. The number of halogens is 1. The van der Waals surface area contributed by atoms with Gasteiger partial charge in [-0.1, -0.05) is 60.8 Å². The van der Waals surface area contributed by atoms with Crippen LogP contribution in [0.1, 0.15) is 97.8 Å². The number of carboxylic acid groups (broad SMARTS) is 1. The number of carboxylic acids is 1. The Morgan fingerprint density at radius 3 is 2.62 bits per heavy atom. The first-order valence-corrected chi connectivity index (χ1v) is 13.6. The van der Waals surface area contributed by atoms with Crippen LogP contribution in [0, 0.1) is 5.92 Å². The number of aromatic amines is 1. The van der Waals surface area contributed by atoms with Gasteiger partial charge in [0.1, 0.15) is 5.92 Å². The van der Waals surface area contributed by atoms with Crippen LogP contribution in [0.2, 0.25) is 5.02 Å². The van der Waals surface area contributed by atoms with Crippen molar-refractivity contribution in [1.82, 2.24) is 15.1 Å². The van der Waals surface area contributed by atoms with Gasteiger partial charge in [-0.25, -0.2) is 0 Å². The van der Waals surface area contributed by atoms with E-state index in [4.69, 9.17) is 16.1 Å². The molecule has 2 aromatic heterocycles. The van der Waals surface area contributed by atoms with Gasteiger partial charge < -0.3 is 14.6 Å². The lowest BCUT2D eigenvalue weighted by atomic mass is 9.94. The minimum Gasteiger partial charge on any atom is -0.481 e. The fraction of sp³-hybridized carbons (Fsp3) is 0.448. The second kappa shape index (κ2) is 11.1. The quantitative estimate of drug-likeness (QED) is 0.325. The Kier molecular flexibility index (Phi) is 7.60. The molecule has 2 fully saturated rings. The van der Waals surface area contributed by atoms with E-state index in [1.165, 1.54) is 12.8 Å². The van der Waals surface area contributed by atoms with E-state index in [9.17, 15) is 14.7 Å². The molecule has 2 aliphatic carbocycles. The third-order valence-electron chi connectivity index (χ3n) is 7.52. The molecule has 0 amide bonds. The van der Waals surface area contributed by atoms with Crippen LogP contribution >= 0.6 is 11.6 Å². The summed E-state index contributed by atoms with van der Waals surface area (Å²) in [6.07, 6.45) is 10.7. The minimum absolute atomic E-state index is 0.00716. The van der Waals surface area contributed by atoms with Crippen LogP contribution in [0.4, 0.5) is 0 Å². The monoisotopic (exact) mass is 521 g/mol. The minimum atomic E-state index is -0.971. The SMILES string of the molecule is CCC(C(=O)O)c1nc(CCc2ccc(/C(=C\C3CCCC3)c3ccc(C4CC4)c(=O)[nH]3)cc2Cl)no1. The zero-order chi connectivity index (χ0) is 25.9. The Bertz CT molecular complexity index is 1370. The first-order chi connectivity index (χ1) is 17.9. The first kappa shape index (κ1) is 25.5. The van der Waals surface area contributed by atoms with Crippen LogP contribution in [0.5, 0.6) is 0 Å². The Hall–Kier alpha value is -3.19. The fourth-order valence-electron chi connectivity index (χ4n) is 5.19. The topological polar surface area (TPSA) is 109 Å². The normalized spacial score (nSPS) is 17.3. The molecule has 1 atom stereocenters. The molecule has 5 rings (SSSR count). The van der Waals surface area contributed by atoms with Gasteiger partial charge in [0.05, 0.1) is 0 Å². The average Bonchev–Trinajstić information content (AvgIpc) is 3.38. The third kappa shape index (κ3) is 5.87. The maximum absolute atomic E-state index is 12.8. The zero-order valence-electron chi connectivity index (χ0n) is 21.0. The van der Waals surface area contributed by atoms with Crippen LogP contribution in [0.3, 0.4) is 0 Å². The van der Waals surface area contributed by atoms with Crippen LogP contribution in [-0.2, 0) is 17.6 Å². The summed E-state index contributed by atoms with van der Waals surface area (Å²) in [5, 5.41) is 13.9. The van der Waals surface area contributed by atoms with E-state index >= 15 is 0 Å². The van der Waals surface area contributed by atoms with E-state index in [2.05, 4.69) is 21.2 Å². The summed E-state index contributed by atoms with van der Waals surface area (Å²) in [5.74, 6) is -0.272. The van der Waals surface area contributed by atoms with Crippen molar-refractivity contribution in [2.75, 3.05) is 0 Å². The largest absolute Gasteiger partial charge is 0.481 e. The Balaban J connectivity index is 1.36. The maximum atomic E-state index is 12.8. The molecule has 2 aliphatic rings. The van der Waals surface area contributed by atoms with E-state index in [1.54, 1.807) is 6.92 Å².